The van der Waals surface area contributed by atoms with Crippen LogP contribution >= 0.6 is 23.8 Å². The van der Waals surface area contributed by atoms with Crippen LogP contribution in [0.1, 0.15) is 22.8 Å². The zero-order valence-electron chi connectivity index (χ0n) is 15.8. The Hall–Kier alpha value is -2.84. The molecule has 0 fully saturated rings. The Morgan fingerprint density at radius 2 is 2.07 bits per heavy atom. The van der Waals surface area contributed by atoms with Gasteiger partial charge in [0.2, 0.25) is 5.95 Å². The highest BCUT2D eigenvalue weighted by Gasteiger charge is 2.20. The summed E-state index contributed by atoms with van der Waals surface area (Å²) in [6.45, 7) is 4.55. The van der Waals surface area contributed by atoms with Gasteiger partial charge in [-0.1, -0.05) is 23.7 Å². The van der Waals surface area contributed by atoms with Gasteiger partial charge in [-0.2, -0.15) is 0 Å². The molecule has 1 amide bonds. The second-order valence-corrected chi connectivity index (χ2v) is 7.07. The molecule has 0 aliphatic heterocycles. The van der Waals surface area contributed by atoms with Crippen molar-refractivity contribution in [2.75, 3.05) is 17.2 Å². The first kappa shape index (κ1) is 19.9. The first-order valence-electron chi connectivity index (χ1n) is 8.69. The Labute approximate surface area is 173 Å². The molecule has 0 bridgehead atoms. The van der Waals surface area contributed by atoms with Gasteiger partial charge in [0.15, 0.2) is 5.11 Å². The molecule has 0 aliphatic carbocycles. The van der Waals surface area contributed by atoms with Crippen LogP contribution in [0.15, 0.2) is 30.3 Å². The van der Waals surface area contributed by atoms with Gasteiger partial charge in [-0.3, -0.25) is 4.79 Å². The van der Waals surface area contributed by atoms with E-state index in [0.29, 0.717) is 44.9 Å². The quantitative estimate of drug-likeness (QED) is 0.474. The Balaban J connectivity index is 2.11. The average Bonchev–Trinajstić information content (AvgIpc) is 2.94. The fourth-order valence-corrected chi connectivity index (χ4v) is 3.52. The van der Waals surface area contributed by atoms with Crippen LogP contribution in [0.4, 0.5) is 17.3 Å². The van der Waals surface area contributed by atoms with Crippen LogP contribution < -0.4 is 21.7 Å². The predicted octanol–water partition coefficient (Wildman–Crippen LogP) is 3.68. The number of aromatic nitrogens is 2. The molecule has 0 saturated carbocycles. The van der Waals surface area contributed by atoms with E-state index in [1.165, 1.54) is 0 Å². The highest BCUT2D eigenvalue weighted by molar-refractivity contribution is 7.80. The number of carbonyl (C=O) groups excluding carboxylic acids is 1. The van der Waals surface area contributed by atoms with E-state index in [1.807, 2.05) is 39.1 Å². The number of para-hydroxylation sites is 1. The van der Waals surface area contributed by atoms with E-state index in [2.05, 4.69) is 20.9 Å². The molecule has 0 radical (unpaired) electrons. The number of nitrogens with two attached hydrogens (primary N) is 1. The molecule has 0 spiro atoms. The summed E-state index contributed by atoms with van der Waals surface area (Å²) in [6.07, 6.45) is 0. The van der Waals surface area contributed by atoms with Crippen LogP contribution in [0.5, 0.6) is 0 Å². The second-order valence-electron chi connectivity index (χ2n) is 6.26. The lowest BCUT2D eigenvalue weighted by atomic mass is 10.1. The molecule has 1 aromatic heterocycles. The number of primary amides is 1. The standard InChI is InChI=1S/C19H21ClN6OS/c1-4-22-19(28)24-12-8-9-13-16(14(12)17(21)27)26(3)18(23-13)25-15-10(2)6-5-7-11(15)20/h5-9H,4H2,1-3H3,(H2,21,27)(H,23,25)(H2,22,24,28). The number of hydrogen-bond donors (Lipinski definition) is 4. The summed E-state index contributed by atoms with van der Waals surface area (Å²) < 4.78 is 1.78. The van der Waals surface area contributed by atoms with Crippen LogP contribution in [0.2, 0.25) is 5.02 Å². The summed E-state index contributed by atoms with van der Waals surface area (Å²) in [5.41, 5.74) is 9.49. The maximum absolute atomic E-state index is 12.2. The Morgan fingerprint density at radius 3 is 2.71 bits per heavy atom. The van der Waals surface area contributed by atoms with Gasteiger partial charge < -0.3 is 26.3 Å². The molecule has 9 heteroatoms. The number of thiocarbonyl (C=S) groups is 1. The first-order chi connectivity index (χ1) is 13.3. The van der Waals surface area contributed by atoms with Crippen LogP contribution in [0, 0.1) is 6.92 Å². The van der Waals surface area contributed by atoms with Crippen LogP contribution in [0.25, 0.3) is 11.0 Å². The number of anilines is 3. The lowest BCUT2D eigenvalue weighted by Gasteiger charge is -2.14. The number of nitrogens with one attached hydrogen (secondary N) is 3. The van der Waals surface area contributed by atoms with Crippen molar-refractivity contribution in [1.29, 1.82) is 0 Å². The lowest BCUT2D eigenvalue weighted by Crippen LogP contribution is -2.29. The molecule has 3 aromatic rings. The van der Waals surface area contributed by atoms with E-state index >= 15 is 0 Å². The van der Waals surface area contributed by atoms with Gasteiger partial charge >= 0.3 is 0 Å². The number of nitrogens with zero attached hydrogens (tertiary/aromatic N) is 2. The normalized spacial score (nSPS) is 10.7. The summed E-state index contributed by atoms with van der Waals surface area (Å²) in [7, 11) is 1.81. The Morgan fingerprint density at radius 1 is 1.32 bits per heavy atom. The third-order valence-electron chi connectivity index (χ3n) is 4.33. The number of amides is 1. The van der Waals surface area contributed by atoms with Crippen molar-refractivity contribution in [3.8, 4) is 0 Å². The van der Waals surface area contributed by atoms with E-state index in [4.69, 9.17) is 29.6 Å². The number of benzene rings is 2. The van der Waals surface area contributed by atoms with Crippen molar-refractivity contribution < 1.29 is 4.79 Å². The molecule has 3 rings (SSSR count). The van der Waals surface area contributed by atoms with E-state index < -0.39 is 5.91 Å². The van der Waals surface area contributed by atoms with Gasteiger partial charge in [-0.15, -0.1) is 0 Å². The zero-order chi connectivity index (χ0) is 20.4. The van der Waals surface area contributed by atoms with E-state index in [1.54, 1.807) is 16.7 Å². The van der Waals surface area contributed by atoms with Gasteiger partial charge in [0.25, 0.3) is 5.91 Å². The number of halogens is 1. The molecule has 146 valence electrons. The summed E-state index contributed by atoms with van der Waals surface area (Å²) >= 11 is 11.6. The average molecular weight is 417 g/mol. The zero-order valence-corrected chi connectivity index (χ0v) is 17.3. The molecule has 1 heterocycles. The van der Waals surface area contributed by atoms with Crippen molar-refractivity contribution >= 4 is 63.2 Å². The number of rotatable bonds is 5. The summed E-state index contributed by atoms with van der Waals surface area (Å²) in [5, 5.41) is 10.3. The third kappa shape index (κ3) is 3.74. The van der Waals surface area contributed by atoms with Gasteiger partial charge in [-0.05, 0) is 49.8 Å². The van der Waals surface area contributed by atoms with Crippen molar-refractivity contribution in [3.05, 3.63) is 46.5 Å². The van der Waals surface area contributed by atoms with Crippen molar-refractivity contribution in [2.24, 2.45) is 12.8 Å². The molecule has 2 aromatic carbocycles. The molecule has 7 nitrogen and oxygen atoms in total. The minimum atomic E-state index is -0.573. The number of fused-ring (bicyclic) bond motifs is 1. The maximum atomic E-state index is 12.2. The molecule has 0 atom stereocenters. The molecule has 0 unspecified atom stereocenters. The fraction of sp³-hybridized carbons (Fsp3) is 0.211. The Kier molecular flexibility index (Phi) is 5.71. The fourth-order valence-electron chi connectivity index (χ4n) is 3.00. The van der Waals surface area contributed by atoms with Crippen LogP contribution in [-0.4, -0.2) is 27.1 Å². The monoisotopic (exact) mass is 416 g/mol. The third-order valence-corrected chi connectivity index (χ3v) is 4.89. The van der Waals surface area contributed by atoms with Crippen LogP contribution in [0.3, 0.4) is 0 Å². The van der Waals surface area contributed by atoms with E-state index in [-0.39, 0.29) is 0 Å². The van der Waals surface area contributed by atoms with Crippen molar-refractivity contribution in [3.63, 3.8) is 0 Å². The van der Waals surface area contributed by atoms with Crippen molar-refractivity contribution in [2.45, 2.75) is 13.8 Å². The van der Waals surface area contributed by atoms with Gasteiger partial charge in [0, 0.05) is 13.6 Å². The lowest BCUT2D eigenvalue weighted by molar-refractivity contribution is 0.100. The SMILES string of the molecule is CCNC(=S)Nc1ccc2nc(Nc3c(C)cccc3Cl)n(C)c2c1C(N)=O. The van der Waals surface area contributed by atoms with Crippen LogP contribution in [-0.2, 0) is 7.05 Å². The minimum Gasteiger partial charge on any atom is -0.365 e. The predicted molar refractivity (Wildman–Crippen MR) is 119 cm³/mol. The van der Waals surface area contributed by atoms with E-state index in [9.17, 15) is 4.79 Å². The minimum absolute atomic E-state index is 0.316. The highest BCUT2D eigenvalue weighted by Crippen LogP contribution is 2.32. The molecule has 28 heavy (non-hydrogen) atoms. The highest BCUT2D eigenvalue weighted by atomic mass is 35.5. The number of hydrogen-bond acceptors (Lipinski definition) is 4. The smallest absolute Gasteiger partial charge is 0.253 e. The Bertz CT molecular complexity index is 1060. The maximum Gasteiger partial charge on any atom is 0.253 e. The molecule has 0 saturated heterocycles. The summed E-state index contributed by atoms with van der Waals surface area (Å²) in [4.78, 5) is 16.8. The van der Waals surface area contributed by atoms with Gasteiger partial charge in [0.05, 0.1) is 33.0 Å². The topological polar surface area (TPSA) is 97.0 Å². The van der Waals surface area contributed by atoms with E-state index in [0.717, 1.165) is 11.3 Å². The largest absolute Gasteiger partial charge is 0.365 e. The summed E-state index contributed by atoms with van der Waals surface area (Å²) in [6, 6.07) is 9.19. The summed E-state index contributed by atoms with van der Waals surface area (Å²) in [5.74, 6) is -0.0315. The second kappa shape index (κ2) is 8.04. The molecular weight excluding hydrogens is 396 g/mol. The number of carbonyl (C=O) groups is 1. The van der Waals surface area contributed by atoms with Gasteiger partial charge in [0.1, 0.15) is 0 Å². The molecule has 5 N–H and O–H groups in total. The van der Waals surface area contributed by atoms with Crippen molar-refractivity contribution in [1.82, 2.24) is 14.9 Å². The first-order valence-corrected chi connectivity index (χ1v) is 9.48. The number of aryl methyl sites for hydroxylation is 2. The molecule has 0 aliphatic rings. The number of imidazole rings is 1. The van der Waals surface area contributed by atoms with Gasteiger partial charge in [-0.25, -0.2) is 4.98 Å². The molecular formula is C19H21ClN6OS.